The van der Waals surface area contributed by atoms with E-state index >= 15 is 0 Å². The van der Waals surface area contributed by atoms with Gasteiger partial charge in [-0.25, -0.2) is 9.97 Å². The number of pyridine rings is 1. The molecule has 0 bridgehead atoms. The predicted molar refractivity (Wildman–Crippen MR) is 104 cm³/mol. The molecule has 0 saturated heterocycles. The van der Waals surface area contributed by atoms with Crippen LogP contribution in [0.3, 0.4) is 0 Å². The second kappa shape index (κ2) is 7.85. The standard InChI is InChI=1S/C18H17Cl2N5O/c1-2-3-14(10-4-5-12(19)13(20)8-10)25-18-16-15(23-9-24-18)11(17(21)26)6-7-22-16/h4-9,14H,2-3H2,1H3,(H2,21,26)(H,23,24,25)/t14-/m1/s1. The lowest BCUT2D eigenvalue weighted by molar-refractivity contribution is 0.100. The second-order valence-corrected chi connectivity index (χ2v) is 6.62. The Labute approximate surface area is 160 Å². The molecule has 3 aromatic rings. The Hall–Kier alpha value is -2.44. The summed E-state index contributed by atoms with van der Waals surface area (Å²) in [4.78, 5) is 24.4. The van der Waals surface area contributed by atoms with E-state index in [1.165, 1.54) is 12.5 Å². The Morgan fingerprint density at radius 2 is 1.96 bits per heavy atom. The summed E-state index contributed by atoms with van der Waals surface area (Å²) in [6, 6.07) is 7.03. The van der Waals surface area contributed by atoms with Crippen LogP contribution in [0.1, 0.15) is 41.7 Å². The first kappa shape index (κ1) is 18.4. The maximum absolute atomic E-state index is 11.6. The van der Waals surface area contributed by atoms with E-state index in [0.29, 0.717) is 32.5 Å². The molecule has 0 radical (unpaired) electrons. The molecule has 8 heteroatoms. The summed E-state index contributed by atoms with van der Waals surface area (Å²) >= 11 is 12.2. The summed E-state index contributed by atoms with van der Waals surface area (Å²) in [6.45, 7) is 2.09. The molecule has 3 rings (SSSR count). The van der Waals surface area contributed by atoms with E-state index in [-0.39, 0.29) is 6.04 Å². The van der Waals surface area contributed by atoms with Crippen molar-refractivity contribution in [1.82, 2.24) is 15.0 Å². The van der Waals surface area contributed by atoms with Gasteiger partial charge in [0.15, 0.2) is 5.82 Å². The van der Waals surface area contributed by atoms with Gasteiger partial charge in [0.25, 0.3) is 5.91 Å². The van der Waals surface area contributed by atoms with Gasteiger partial charge < -0.3 is 11.1 Å². The number of primary amides is 1. The minimum absolute atomic E-state index is 0.0492. The number of rotatable bonds is 6. The van der Waals surface area contributed by atoms with Crippen molar-refractivity contribution in [2.45, 2.75) is 25.8 Å². The molecule has 0 aliphatic carbocycles. The third kappa shape index (κ3) is 3.71. The molecule has 0 fully saturated rings. The lowest BCUT2D eigenvalue weighted by Crippen LogP contribution is -2.15. The van der Waals surface area contributed by atoms with Gasteiger partial charge in [-0.1, -0.05) is 42.6 Å². The van der Waals surface area contributed by atoms with Crippen molar-refractivity contribution in [2.24, 2.45) is 5.73 Å². The topological polar surface area (TPSA) is 93.8 Å². The zero-order chi connectivity index (χ0) is 18.7. The van der Waals surface area contributed by atoms with Gasteiger partial charge in [0, 0.05) is 6.20 Å². The highest BCUT2D eigenvalue weighted by Crippen LogP contribution is 2.31. The Bertz CT molecular complexity index is 963. The van der Waals surface area contributed by atoms with E-state index in [9.17, 15) is 4.79 Å². The van der Waals surface area contributed by atoms with E-state index in [1.807, 2.05) is 12.1 Å². The maximum atomic E-state index is 11.6. The molecule has 2 heterocycles. The van der Waals surface area contributed by atoms with E-state index in [4.69, 9.17) is 28.9 Å². The van der Waals surface area contributed by atoms with Crippen LogP contribution in [0.2, 0.25) is 10.0 Å². The van der Waals surface area contributed by atoms with Gasteiger partial charge in [0.1, 0.15) is 17.4 Å². The highest BCUT2D eigenvalue weighted by atomic mass is 35.5. The first-order valence-electron chi connectivity index (χ1n) is 8.12. The van der Waals surface area contributed by atoms with Crippen LogP contribution in [0, 0.1) is 0 Å². The number of amides is 1. The maximum Gasteiger partial charge on any atom is 0.251 e. The molecule has 0 saturated carbocycles. The first-order chi connectivity index (χ1) is 12.5. The van der Waals surface area contributed by atoms with E-state index < -0.39 is 5.91 Å². The van der Waals surface area contributed by atoms with Gasteiger partial charge in [-0.05, 0) is 30.2 Å². The number of carbonyl (C=O) groups is 1. The lowest BCUT2D eigenvalue weighted by atomic mass is 10.0. The van der Waals surface area contributed by atoms with Crippen LogP contribution in [-0.2, 0) is 0 Å². The quantitative estimate of drug-likeness (QED) is 0.651. The summed E-state index contributed by atoms with van der Waals surface area (Å²) < 4.78 is 0. The van der Waals surface area contributed by atoms with Gasteiger partial charge in [-0.2, -0.15) is 0 Å². The fourth-order valence-corrected chi connectivity index (χ4v) is 3.08. The average Bonchev–Trinajstić information content (AvgIpc) is 2.63. The van der Waals surface area contributed by atoms with Crippen LogP contribution < -0.4 is 11.1 Å². The van der Waals surface area contributed by atoms with Gasteiger partial charge >= 0.3 is 0 Å². The van der Waals surface area contributed by atoms with Crippen LogP contribution in [-0.4, -0.2) is 20.9 Å². The van der Waals surface area contributed by atoms with Crippen molar-refractivity contribution in [2.75, 3.05) is 5.32 Å². The Balaban J connectivity index is 2.03. The Morgan fingerprint density at radius 3 is 2.65 bits per heavy atom. The number of benzene rings is 1. The largest absolute Gasteiger partial charge is 0.366 e. The van der Waals surface area contributed by atoms with Crippen LogP contribution in [0.5, 0.6) is 0 Å². The normalized spacial score (nSPS) is 12.1. The third-order valence-electron chi connectivity index (χ3n) is 4.02. The van der Waals surface area contributed by atoms with E-state index in [0.717, 1.165) is 18.4 Å². The van der Waals surface area contributed by atoms with Crippen LogP contribution in [0.25, 0.3) is 11.0 Å². The molecule has 1 aromatic carbocycles. The van der Waals surface area contributed by atoms with Crippen molar-refractivity contribution < 1.29 is 4.79 Å². The van der Waals surface area contributed by atoms with Gasteiger partial charge in [0.2, 0.25) is 0 Å². The SMILES string of the molecule is CCC[C@@H](Nc1ncnc2c(C(N)=O)ccnc12)c1ccc(Cl)c(Cl)c1. The van der Waals surface area contributed by atoms with Crippen LogP contribution >= 0.6 is 23.2 Å². The van der Waals surface area contributed by atoms with Crippen LogP contribution in [0.15, 0.2) is 36.8 Å². The monoisotopic (exact) mass is 389 g/mol. The van der Waals surface area contributed by atoms with Crippen molar-refractivity contribution in [3.05, 3.63) is 58.0 Å². The number of carbonyl (C=O) groups excluding carboxylic acids is 1. The zero-order valence-electron chi connectivity index (χ0n) is 14.0. The first-order valence-corrected chi connectivity index (χ1v) is 8.87. The summed E-state index contributed by atoms with van der Waals surface area (Å²) in [5, 5.41) is 4.38. The van der Waals surface area contributed by atoms with E-state index in [2.05, 4.69) is 27.2 Å². The third-order valence-corrected chi connectivity index (χ3v) is 4.76. The molecule has 0 spiro atoms. The summed E-state index contributed by atoms with van der Waals surface area (Å²) in [6.07, 6.45) is 4.70. The summed E-state index contributed by atoms with van der Waals surface area (Å²) in [5.74, 6) is -0.0285. The second-order valence-electron chi connectivity index (χ2n) is 5.80. The van der Waals surface area contributed by atoms with Crippen molar-refractivity contribution in [3.63, 3.8) is 0 Å². The molecule has 0 aliphatic rings. The van der Waals surface area contributed by atoms with Crippen molar-refractivity contribution in [3.8, 4) is 0 Å². The molecule has 134 valence electrons. The number of aromatic nitrogens is 3. The smallest absolute Gasteiger partial charge is 0.251 e. The zero-order valence-corrected chi connectivity index (χ0v) is 15.6. The molecule has 6 nitrogen and oxygen atoms in total. The fourth-order valence-electron chi connectivity index (χ4n) is 2.77. The fraction of sp³-hybridized carbons (Fsp3) is 0.222. The molecule has 26 heavy (non-hydrogen) atoms. The lowest BCUT2D eigenvalue weighted by Gasteiger charge is -2.20. The summed E-state index contributed by atoms with van der Waals surface area (Å²) in [5.41, 5.74) is 7.63. The van der Waals surface area contributed by atoms with E-state index in [1.54, 1.807) is 12.1 Å². The molecular formula is C18H17Cl2N5O. The molecule has 1 atom stereocenters. The van der Waals surface area contributed by atoms with Crippen LogP contribution in [0.4, 0.5) is 5.82 Å². The molecule has 1 amide bonds. The highest BCUT2D eigenvalue weighted by Gasteiger charge is 2.17. The van der Waals surface area contributed by atoms with Crippen molar-refractivity contribution in [1.29, 1.82) is 0 Å². The number of halogens is 2. The van der Waals surface area contributed by atoms with Gasteiger partial charge in [-0.15, -0.1) is 0 Å². The average molecular weight is 390 g/mol. The summed E-state index contributed by atoms with van der Waals surface area (Å²) in [7, 11) is 0. The van der Waals surface area contributed by atoms with Crippen molar-refractivity contribution >= 4 is 46.0 Å². The molecule has 2 aromatic heterocycles. The number of fused-ring (bicyclic) bond motifs is 1. The van der Waals surface area contributed by atoms with Gasteiger partial charge in [-0.3, -0.25) is 9.78 Å². The number of hydrogen-bond donors (Lipinski definition) is 2. The minimum Gasteiger partial charge on any atom is -0.366 e. The van der Waals surface area contributed by atoms with Gasteiger partial charge in [0.05, 0.1) is 21.7 Å². The number of anilines is 1. The molecule has 0 aliphatic heterocycles. The number of nitrogens with zero attached hydrogens (tertiary/aromatic N) is 3. The number of nitrogens with two attached hydrogens (primary N) is 1. The Kier molecular flexibility index (Phi) is 5.54. The highest BCUT2D eigenvalue weighted by molar-refractivity contribution is 6.42. The Morgan fingerprint density at radius 1 is 1.15 bits per heavy atom. The minimum atomic E-state index is -0.559. The molecule has 3 N–H and O–H groups in total. The molecular weight excluding hydrogens is 373 g/mol. The number of hydrogen-bond acceptors (Lipinski definition) is 5. The molecule has 0 unspecified atom stereocenters. The predicted octanol–water partition coefficient (Wildman–Crippen LogP) is 4.38. The number of nitrogens with one attached hydrogen (secondary N) is 1.